The molecule has 0 saturated heterocycles. The molecule has 1 amide bonds. The number of aryl methyl sites for hydroxylation is 1. The second-order valence-corrected chi connectivity index (χ2v) is 10.7. The number of anilines is 1. The minimum Gasteiger partial charge on any atom is -0.492 e. The Morgan fingerprint density at radius 1 is 0.972 bits per heavy atom. The van der Waals surface area contributed by atoms with Crippen molar-refractivity contribution in [1.82, 2.24) is 0 Å². The predicted octanol–water partition coefficient (Wildman–Crippen LogP) is 8.37. The lowest BCUT2D eigenvalue weighted by Crippen LogP contribution is -2.26. The molecule has 3 aromatic rings. The van der Waals surface area contributed by atoms with E-state index < -0.39 is 0 Å². The van der Waals surface area contributed by atoms with Crippen molar-refractivity contribution in [2.24, 2.45) is 7.05 Å². The Balaban J connectivity index is 1.40. The minimum absolute atomic E-state index is 0.0642. The van der Waals surface area contributed by atoms with Crippen LogP contribution in [0.2, 0.25) is 5.02 Å². The maximum atomic E-state index is 12.7. The highest BCUT2D eigenvalue weighted by atomic mass is 35.5. The minimum atomic E-state index is -0.0642. The van der Waals surface area contributed by atoms with Crippen molar-refractivity contribution >= 4 is 34.5 Å². The highest BCUT2D eigenvalue weighted by molar-refractivity contribution is 7.12. The van der Waals surface area contributed by atoms with Crippen molar-refractivity contribution in [3.63, 3.8) is 0 Å². The largest absolute Gasteiger partial charge is 0.492 e. The molecule has 0 saturated carbocycles. The van der Waals surface area contributed by atoms with Gasteiger partial charge < -0.3 is 10.1 Å². The van der Waals surface area contributed by atoms with Crippen LogP contribution in [0.4, 0.5) is 5.69 Å². The quantitative estimate of drug-likeness (QED) is 0.150. The van der Waals surface area contributed by atoms with Gasteiger partial charge in [-0.3, -0.25) is 4.79 Å². The van der Waals surface area contributed by atoms with Gasteiger partial charge in [-0.15, -0.1) is 0 Å². The number of rotatable bonds is 16. The number of unbranched alkanes of at least 4 members (excludes halogenated alkanes) is 9. The summed E-state index contributed by atoms with van der Waals surface area (Å²) in [5.74, 6) is 0.593. The van der Waals surface area contributed by atoms with Crippen molar-refractivity contribution in [3.05, 3.63) is 64.6 Å². The maximum Gasteiger partial charge on any atom is 0.268 e. The van der Waals surface area contributed by atoms with E-state index in [2.05, 4.69) is 28.3 Å². The first-order chi connectivity index (χ1) is 17.6. The molecule has 0 spiro atoms. The van der Waals surface area contributed by atoms with Gasteiger partial charge in [0.05, 0.1) is 29.0 Å². The summed E-state index contributed by atoms with van der Waals surface area (Å²) < 4.78 is 8.03. The first-order valence-electron chi connectivity index (χ1n) is 13.3. The maximum absolute atomic E-state index is 12.7. The van der Waals surface area contributed by atoms with Crippen LogP contribution < -0.4 is 14.6 Å². The van der Waals surface area contributed by atoms with Crippen LogP contribution in [-0.2, 0) is 18.3 Å². The molecule has 0 unspecified atom stereocenters. The molecule has 1 N–H and O–H groups in total. The Hall–Kier alpha value is -2.37. The van der Waals surface area contributed by atoms with Crippen LogP contribution in [-0.4, -0.2) is 12.5 Å². The van der Waals surface area contributed by atoms with Crippen LogP contribution in [0.5, 0.6) is 5.75 Å². The highest BCUT2D eigenvalue weighted by Gasteiger charge is 2.13. The molecule has 1 heterocycles. The molecule has 36 heavy (non-hydrogen) atoms. The SMILES string of the molecule is CCCCCCCCCCCCOc1cc(CC(=O)Nc2cccc(-c3scc[n+]3C)c2)ccc1Cl. The highest BCUT2D eigenvalue weighted by Crippen LogP contribution is 2.27. The van der Waals surface area contributed by atoms with Gasteiger partial charge in [-0.25, -0.2) is 0 Å². The fourth-order valence-corrected chi connectivity index (χ4v) is 5.30. The van der Waals surface area contributed by atoms with Gasteiger partial charge >= 0.3 is 0 Å². The molecular formula is C30H40ClN2O2S+. The average molecular weight is 528 g/mol. The lowest BCUT2D eigenvalue weighted by Gasteiger charge is -2.11. The van der Waals surface area contributed by atoms with Crippen molar-refractivity contribution in [1.29, 1.82) is 0 Å². The molecule has 0 aliphatic heterocycles. The van der Waals surface area contributed by atoms with Crippen LogP contribution in [0.15, 0.2) is 54.0 Å². The van der Waals surface area contributed by atoms with E-state index in [1.54, 1.807) is 11.3 Å². The Labute approximate surface area is 225 Å². The molecule has 4 nitrogen and oxygen atoms in total. The Morgan fingerprint density at radius 2 is 1.69 bits per heavy atom. The molecule has 0 aliphatic carbocycles. The number of ether oxygens (including phenoxy) is 1. The lowest BCUT2D eigenvalue weighted by molar-refractivity contribution is -0.655. The monoisotopic (exact) mass is 527 g/mol. The third-order valence-electron chi connectivity index (χ3n) is 6.29. The number of aromatic nitrogens is 1. The third-order valence-corrected chi connectivity index (χ3v) is 7.61. The number of amides is 1. The number of nitrogens with one attached hydrogen (secondary N) is 1. The number of thiazole rings is 1. The predicted molar refractivity (Wildman–Crippen MR) is 152 cm³/mol. The van der Waals surface area contributed by atoms with Gasteiger partial charge in [-0.1, -0.05) is 99.8 Å². The molecule has 0 fully saturated rings. The van der Waals surface area contributed by atoms with Gasteiger partial charge in [0.15, 0.2) is 6.20 Å². The van der Waals surface area contributed by atoms with E-state index >= 15 is 0 Å². The number of hydrogen-bond acceptors (Lipinski definition) is 3. The van der Waals surface area contributed by atoms with Gasteiger partial charge in [0.2, 0.25) is 5.91 Å². The fraction of sp³-hybridized carbons (Fsp3) is 0.467. The molecule has 0 radical (unpaired) electrons. The standard InChI is InChI=1S/C30H39ClN2O2S/c1-3-4-5-6-7-8-9-10-11-12-19-35-28-21-24(16-17-27(28)31)22-29(34)32-26-15-13-14-25(23-26)30-33(2)18-20-36-30/h13-18,20-21,23H,3-12,19,22H2,1-2H3/p+1. The number of carbonyl (C=O) groups excluding carboxylic acids is 1. The van der Waals surface area contributed by atoms with Gasteiger partial charge in [-0.2, -0.15) is 4.57 Å². The summed E-state index contributed by atoms with van der Waals surface area (Å²) in [4.78, 5) is 12.7. The molecule has 0 aliphatic rings. The number of halogens is 1. The van der Waals surface area contributed by atoms with Crippen LogP contribution >= 0.6 is 22.9 Å². The number of hydrogen-bond donors (Lipinski definition) is 1. The Bertz CT molecular complexity index is 1080. The van der Waals surface area contributed by atoms with E-state index in [0.29, 0.717) is 17.4 Å². The molecule has 6 heteroatoms. The van der Waals surface area contributed by atoms with Crippen molar-refractivity contribution < 1.29 is 14.1 Å². The van der Waals surface area contributed by atoms with Crippen LogP contribution in [0.1, 0.15) is 76.7 Å². The average Bonchev–Trinajstić information content (AvgIpc) is 3.30. The fourth-order valence-electron chi connectivity index (χ4n) is 4.27. The van der Waals surface area contributed by atoms with Gasteiger partial charge in [0.25, 0.3) is 5.01 Å². The second-order valence-electron chi connectivity index (χ2n) is 9.42. The first kappa shape index (κ1) is 28.2. The van der Waals surface area contributed by atoms with E-state index in [4.69, 9.17) is 16.3 Å². The zero-order valence-corrected chi connectivity index (χ0v) is 23.3. The number of benzene rings is 2. The lowest BCUT2D eigenvalue weighted by atomic mass is 10.1. The summed E-state index contributed by atoms with van der Waals surface area (Å²) in [7, 11) is 2.02. The molecule has 0 atom stereocenters. The van der Waals surface area contributed by atoms with Crippen molar-refractivity contribution in [3.8, 4) is 16.3 Å². The van der Waals surface area contributed by atoms with Crippen molar-refractivity contribution in [2.75, 3.05) is 11.9 Å². The summed E-state index contributed by atoms with van der Waals surface area (Å²) in [5.41, 5.74) is 2.76. The van der Waals surface area contributed by atoms with E-state index in [1.807, 2.05) is 49.6 Å². The smallest absolute Gasteiger partial charge is 0.268 e. The van der Waals surface area contributed by atoms with Crippen LogP contribution in [0, 0.1) is 0 Å². The summed E-state index contributed by atoms with van der Waals surface area (Å²) in [5, 5.41) is 6.80. The van der Waals surface area contributed by atoms with E-state index in [-0.39, 0.29) is 12.3 Å². The van der Waals surface area contributed by atoms with E-state index in [1.165, 1.54) is 57.8 Å². The number of nitrogens with zero attached hydrogens (tertiary/aromatic N) is 1. The molecular weight excluding hydrogens is 488 g/mol. The first-order valence-corrected chi connectivity index (χ1v) is 14.6. The summed E-state index contributed by atoms with van der Waals surface area (Å²) in [6.45, 7) is 2.91. The summed E-state index contributed by atoms with van der Waals surface area (Å²) in [6.07, 6.45) is 15.2. The topological polar surface area (TPSA) is 42.2 Å². The normalized spacial score (nSPS) is 11.0. The molecule has 194 valence electrons. The van der Waals surface area contributed by atoms with E-state index in [0.717, 1.165) is 28.2 Å². The van der Waals surface area contributed by atoms with Gasteiger partial charge in [0.1, 0.15) is 12.8 Å². The van der Waals surface area contributed by atoms with Gasteiger partial charge in [0, 0.05) is 5.69 Å². The van der Waals surface area contributed by atoms with Gasteiger partial charge in [-0.05, 0) is 42.3 Å². The van der Waals surface area contributed by atoms with Crippen LogP contribution in [0.25, 0.3) is 10.6 Å². The Morgan fingerprint density at radius 3 is 2.39 bits per heavy atom. The third kappa shape index (κ3) is 9.59. The number of carbonyl (C=O) groups is 1. The van der Waals surface area contributed by atoms with Crippen LogP contribution in [0.3, 0.4) is 0 Å². The van der Waals surface area contributed by atoms with Crippen molar-refractivity contribution in [2.45, 2.75) is 77.6 Å². The molecule has 1 aromatic heterocycles. The zero-order valence-electron chi connectivity index (χ0n) is 21.7. The zero-order chi connectivity index (χ0) is 25.6. The molecule has 0 bridgehead atoms. The summed E-state index contributed by atoms with van der Waals surface area (Å²) >= 11 is 8.02. The molecule has 3 rings (SSSR count). The second kappa shape index (κ2) is 15.7. The summed E-state index contributed by atoms with van der Waals surface area (Å²) in [6, 6.07) is 13.5. The Kier molecular flexibility index (Phi) is 12.3. The van der Waals surface area contributed by atoms with E-state index in [9.17, 15) is 4.79 Å². The molecule has 2 aromatic carbocycles.